The normalized spacial score (nSPS) is 14.8. The van der Waals surface area contributed by atoms with Crippen LogP contribution in [0.1, 0.15) is 12.8 Å². The number of hydrogen-bond donors (Lipinski definition) is 0. The van der Waals surface area contributed by atoms with Gasteiger partial charge in [-0.05, 0) is 50.3 Å². The van der Waals surface area contributed by atoms with Crippen molar-refractivity contribution in [2.75, 3.05) is 13.1 Å². The molecule has 0 spiro atoms. The highest BCUT2D eigenvalue weighted by Gasteiger charge is 2.20. The predicted molar refractivity (Wildman–Crippen MR) is 98.5 cm³/mol. The summed E-state index contributed by atoms with van der Waals surface area (Å²) in [5.41, 5.74) is 1.02. The Kier molecular flexibility index (Phi) is 4.65. The van der Waals surface area contributed by atoms with Crippen molar-refractivity contribution in [1.82, 2.24) is 19.2 Å². The summed E-state index contributed by atoms with van der Waals surface area (Å²) in [5, 5.41) is 4.66. The zero-order valence-electron chi connectivity index (χ0n) is 14.1. The Bertz CT molecular complexity index is 975. The molecule has 1 saturated heterocycles. The highest BCUT2D eigenvalue weighted by Crippen LogP contribution is 2.25. The largest absolute Gasteiger partial charge is 0.284 e. The molecule has 0 N–H and O–H groups in total. The number of aromatic nitrogens is 3. The van der Waals surface area contributed by atoms with E-state index >= 15 is 0 Å². The maximum atomic E-state index is 14.5. The van der Waals surface area contributed by atoms with E-state index in [0.717, 1.165) is 37.6 Å². The first-order chi connectivity index (χ1) is 12.6. The molecule has 134 valence electrons. The van der Waals surface area contributed by atoms with Crippen molar-refractivity contribution < 1.29 is 8.78 Å². The Morgan fingerprint density at radius 1 is 1.00 bits per heavy atom. The molecule has 0 saturated carbocycles. The average molecular weight is 372 g/mol. The van der Waals surface area contributed by atoms with Gasteiger partial charge in [0.05, 0.1) is 12.4 Å². The zero-order chi connectivity index (χ0) is 18.1. The maximum absolute atomic E-state index is 14.5. The lowest BCUT2D eigenvalue weighted by molar-refractivity contribution is 0.253. The van der Waals surface area contributed by atoms with Crippen LogP contribution < -0.4 is 0 Å². The number of nitrogens with zero attached hydrogens (tertiary/aromatic N) is 4. The molecule has 0 unspecified atom stereocenters. The van der Waals surface area contributed by atoms with Gasteiger partial charge in [0, 0.05) is 11.6 Å². The van der Waals surface area contributed by atoms with E-state index in [9.17, 15) is 8.78 Å². The predicted octanol–water partition coefficient (Wildman–Crippen LogP) is 4.40. The number of hydrogen-bond acceptors (Lipinski definition) is 3. The van der Waals surface area contributed by atoms with Crippen LogP contribution in [0.5, 0.6) is 0 Å². The Morgan fingerprint density at radius 3 is 2.42 bits per heavy atom. The van der Waals surface area contributed by atoms with Crippen LogP contribution in [0.4, 0.5) is 8.78 Å². The zero-order valence-corrected chi connectivity index (χ0v) is 14.9. The summed E-state index contributed by atoms with van der Waals surface area (Å²) in [4.78, 5) is 2.27. The van der Waals surface area contributed by atoms with E-state index in [1.807, 2.05) is 30.3 Å². The topological polar surface area (TPSA) is 26.0 Å². The summed E-state index contributed by atoms with van der Waals surface area (Å²) in [6.45, 7) is 2.56. The van der Waals surface area contributed by atoms with Crippen LogP contribution in [0.15, 0.2) is 48.5 Å². The van der Waals surface area contributed by atoms with Gasteiger partial charge in [-0.25, -0.2) is 13.5 Å². The van der Waals surface area contributed by atoms with Gasteiger partial charge in [-0.1, -0.05) is 30.3 Å². The van der Waals surface area contributed by atoms with Crippen LogP contribution in [0, 0.1) is 16.4 Å². The minimum atomic E-state index is -0.668. The van der Waals surface area contributed by atoms with E-state index < -0.39 is 11.6 Å². The molecule has 1 fully saturated rings. The lowest BCUT2D eigenvalue weighted by Crippen LogP contribution is -2.23. The molecule has 0 aliphatic carbocycles. The van der Waals surface area contributed by atoms with E-state index in [1.54, 1.807) is 9.25 Å². The Balaban J connectivity index is 1.87. The number of rotatable bonds is 4. The molecule has 1 aromatic heterocycles. The van der Waals surface area contributed by atoms with E-state index in [-0.39, 0.29) is 5.69 Å². The quantitative estimate of drug-likeness (QED) is 0.635. The molecule has 2 aromatic carbocycles. The van der Waals surface area contributed by atoms with Gasteiger partial charge in [0.25, 0.3) is 0 Å². The first-order valence-electron chi connectivity index (χ1n) is 8.56. The van der Waals surface area contributed by atoms with Crippen LogP contribution >= 0.6 is 12.2 Å². The summed E-state index contributed by atoms with van der Waals surface area (Å²) in [7, 11) is 0. The van der Waals surface area contributed by atoms with Crippen LogP contribution in [0.3, 0.4) is 0 Å². The van der Waals surface area contributed by atoms with E-state index in [4.69, 9.17) is 12.2 Å². The first-order valence-corrected chi connectivity index (χ1v) is 8.97. The molecule has 2 heterocycles. The fraction of sp³-hybridized carbons (Fsp3) is 0.263. The van der Waals surface area contributed by atoms with Gasteiger partial charge in [0.1, 0.15) is 11.6 Å². The fourth-order valence-electron chi connectivity index (χ4n) is 3.27. The molecule has 7 heteroatoms. The van der Waals surface area contributed by atoms with Crippen LogP contribution in [-0.4, -0.2) is 32.3 Å². The number of benzene rings is 2. The Labute approximate surface area is 155 Å². The van der Waals surface area contributed by atoms with Gasteiger partial charge in [0.15, 0.2) is 5.82 Å². The molecule has 1 aliphatic rings. The van der Waals surface area contributed by atoms with Crippen molar-refractivity contribution in [3.05, 3.63) is 64.9 Å². The Morgan fingerprint density at radius 2 is 1.73 bits per heavy atom. The van der Waals surface area contributed by atoms with Crippen molar-refractivity contribution in [2.45, 2.75) is 19.5 Å². The summed E-state index contributed by atoms with van der Waals surface area (Å²) in [6, 6.07) is 13.0. The van der Waals surface area contributed by atoms with Gasteiger partial charge < -0.3 is 0 Å². The lowest BCUT2D eigenvalue weighted by Gasteiger charge is -2.13. The lowest BCUT2D eigenvalue weighted by atomic mass is 10.2. The standard InChI is InChI=1S/C19H18F2N4S/c20-15-8-9-17(16(21)12-15)25-18(14-6-2-1-3-7-14)22-24(19(25)26)13-23-10-4-5-11-23/h1-3,6-9,12H,4-5,10-11,13H2. The van der Waals surface area contributed by atoms with E-state index in [0.29, 0.717) is 17.3 Å². The molecule has 3 aromatic rings. The number of likely N-dealkylation sites (tertiary alicyclic amines) is 1. The van der Waals surface area contributed by atoms with Crippen LogP contribution in [0.25, 0.3) is 17.1 Å². The molecule has 4 nitrogen and oxygen atoms in total. The molecule has 4 rings (SSSR count). The van der Waals surface area contributed by atoms with Crippen molar-refractivity contribution in [1.29, 1.82) is 0 Å². The van der Waals surface area contributed by atoms with E-state index in [1.165, 1.54) is 12.1 Å². The summed E-state index contributed by atoms with van der Waals surface area (Å²) in [5.74, 6) is -0.747. The minimum absolute atomic E-state index is 0.197. The molecule has 0 amide bonds. The number of halogens is 2. The average Bonchev–Trinajstić information content (AvgIpc) is 3.25. The molecular weight excluding hydrogens is 354 g/mol. The summed E-state index contributed by atoms with van der Waals surface area (Å²) in [6.07, 6.45) is 2.32. The highest BCUT2D eigenvalue weighted by atomic mass is 32.1. The second-order valence-corrected chi connectivity index (χ2v) is 6.73. The third-order valence-corrected chi connectivity index (χ3v) is 4.95. The SMILES string of the molecule is Fc1ccc(-n2c(-c3ccccc3)nn(CN3CCCC3)c2=S)c(F)c1. The van der Waals surface area contributed by atoms with Crippen molar-refractivity contribution in [3.63, 3.8) is 0 Å². The van der Waals surface area contributed by atoms with Crippen LogP contribution in [0.2, 0.25) is 0 Å². The molecule has 0 radical (unpaired) electrons. The monoisotopic (exact) mass is 372 g/mol. The van der Waals surface area contributed by atoms with Crippen molar-refractivity contribution >= 4 is 12.2 Å². The van der Waals surface area contributed by atoms with Crippen molar-refractivity contribution in [2.24, 2.45) is 0 Å². The fourth-order valence-corrected chi connectivity index (χ4v) is 3.55. The molecule has 0 bridgehead atoms. The summed E-state index contributed by atoms with van der Waals surface area (Å²) >= 11 is 5.60. The maximum Gasteiger partial charge on any atom is 0.204 e. The van der Waals surface area contributed by atoms with Crippen LogP contribution in [-0.2, 0) is 6.67 Å². The van der Waals surface area contributed by atoms with Gasteiger partial charge in [-0.15, -0.1) is 5.10 Å². The van der Waals surface area contributed by atoms with Gasteiger partial charge >= 0.3 is 0 Å². The first kappa shape index (κ1) is 17.1. The summed E-state index contributed by atoms with van der Waals surface area (Å²) < 4.78 is 31.5. The smallest absolute Gasteiger partial charge is 0.204 e. The van der Waals surface area contributed by atoms with Gasteiger partial charge in [0.2, 0.25) is 4.77 Å². The van der Waals surface area contributed by atoms with Gasteiger partial charge in [-0.3, -0.25) is 9.47 Å². The second kappa shape index (κ2) is 7.09. The van der Waals surface area contributed by atoms with Gasteiger partial charge in [-0.2, -0.15) is 0 Å². The molecular formula is C19H18F2N4S. The Hall–Kier alpha value is -2.38. The van der Waals surface area contributed by atoms with E-state index in [2.05, 4.69) is 10.00 Å². The second-order valence-electron chi connectivity index (χ2n) is 6.37. The molecule has 1 aliphatic heterocycles. The third kappa shape index (κ3) is 3.20. The van der Waals surface area contributed by atoms with Crippen molar-refractivity contribution in [3.8, 4) is 17.1 Å². The molecule has 0 atom stereocenters. The molecule has 26 heavy (non-hydrogen) atoms. The minimum Gasteiger partial charge on any atom is -0.284 e. The third-order valence-electron chi connectivity index (χ3n) is 4.55. The highest BCUT2D eigenvalue weighted by molar-refractivity contribution is 7.71.